The fourth-order valence-corrected chi connectivity index (χ4v) is 5.20. The highest BCUT2D eigenvalue weighted by atomic mass is 32.2. The molecule has 0 aliphatic carbocycles. The number of benzene rings is 3. The van der Waals surface area contributed by atoms with Crippen LogP contribution in [0.25, 0.3) is 27.5 Å². The van der Waals surface area contributed by atoms with Gasteiger partial charge in [-0.05, 0) is 36.9 Å². The molecule has 172 valence electrons. The van der Waals surface area contributed by atoms with Crippen molar-refractivity contribution in [2.24, 2.45) is 0 Å². The van der Waals surface area contributed by atoms with Crippen molar-refractivity contribution in [2.45, 2.75) is 32.0 Å². The molecule has 34 heavy (non-hydrogen) atoms. The summed E-state index contributed by atoms with van der Waals surface area (Å²) in [5.41, 5.74) is 1.58. The highest BCUT2D eigenvalue weighted by molar-refractivity contribution is 7.99. The summed E-state index contributed by atoms with van der Waals surface area (Å²) in [5.74, 6) is 0.702. The summed E-state index contributed by atoms with van der Waals surface area (Å²) in [6, 6.07) is 21.6. The number of hydrogen-bond donors (Lipinski definition) is 0. The van der Waals surface area contributed by atoms with E-state index >= 15 is 0 Å². The predicted octanol–water partition coefficient (Wildman–Crippen LogP) is 4.75. The van der Waals surface area contributed by atoms with Crippen LogP contribution in [0.5, 0.6) is 0 Å². The molecule has 5 aromatic rings. The molecule has 0 bridgehead atoms. The molecule has 0 atom stereocenters. The molecule has 0 radical (unpaired) electrons. The number of carbonyl (C=O) groups excluding carboxylic acids is 1. The summed E-state index contributed by atoms with van der Waals surface area (Å²) in [6.45, 7) is 5.12. The number of carbonyl (C=O) groups is 1. The van der Waals surface area contributed by atoms with Gasteiger partial charge in [0, 0.05) is 18.5 Å². The number of amides is 1. The molecule has 0 fully saturated rings. The first kappa shape index (κ1) is 22.2. The second kappa shape index (κ2) is 9.30. The second-order valence-corrected chi connectivity index (χ2v) is 8.96. The van der Waals surface area contributed by atoms with Crippen molar-refractivity contribution in [1.82, 2.24) is 19.2 Å². The van der Waals surface area contributed by atoms with E-state index in [4.69, 9.17) is 0 Å². The molecule has 0 saturated carbocycles. The van der Waals surface area contributed by atoms with Crippen LogP contribution in [0.2, 0.25) is 0 Å². The van der Waals surface area contributed by atoms with Crippen molar-refractivity contribution in [3.05, 3.63) is 77.1 Å². The van der Waals surface area contributed by atoms with Gasteiger partial charge in [0.2, 0.25) is 11.7 Å². The summed E-state index contributed by atoms with van der Waals surface area (Å²) in [7, 11) is 0. The van der Waals surface area contributed by atoms with Crippen molar-refractivity contribution >= 4 is 50.8 Å². The van der Waals surface area contributed by atoms with Crippen molar-refractivity contribution < 1.29 is 4.79 Å². The van der Waals surface area contributed by atoms with Gasteiger partial charge in [-0.1, -0.05) is 67.2 Å². The van der Waals surface area contributed by atoms with Crippen LogP contribution < -0.4 is 10.5 Å². The lowest BCUT2D eigenvalue weighted by molar-refractivity contribution is -0.116. The molecule has 3 aromatic carbocycles. The lowest BCUT2D eigenvalue weighted by atomic mass is 10.1. The Morgan fingerprint density at radius 3 is 2.47 bits per heavy atom. The molecule has 5 rings (SSSR count). The van der Waals surface area contributed by atoms with E-state index in [1.54, 1.807) is 4.57 Å². The Balaban J connectivity index is 1.50. The van der Waals surface area contributed by atoms with Crippen LogP contribution in [0.3, 0.4) is 0 Å². The van der Waals surface area contributed by atoms with Crippen LogP contribution in [-0.4, -0.2) is 37.4 Å². The maximum absolute atomic E-state index is 13.3. The molecule has 0 aliphatic heterocycles. The highest BCUT2D eigenvalue weighted by Crippen LogP contribution is 2.28. The summed E-state index contributed by atoms with van der Waals surface area (Å²) < 4.78 is 3.55. The van der Waals surface area contributed by atoms with E-state index in [9.17, 15) is 9.59 Å². The average Bonchev–Trinajstić information content (AvgIpc) is 3.30. The zero-order valence-electron chi connectivity index (χ0n) is 19.1. The molecular formula is C26H25N5O2S. The van der Waals surface area contributed by atoms with Crippen LogP contribution >= 0.6 is 11.8 Å². The van der Waals surface area contributed by atoms with E-state index in [-0.39, 0.29) is 17.2 Å². The third-order valence-electron chi connectivity index (χ3n) is 5.92. The van der Waals surface area contributed by atoms with E-state index in [0.717, 1.165) is 28.4 Å². The van der Waals surface area contributed by atoms with Gasteiger partial charge in [0.25, 0.3) is 5.56 Å². The molecule has 1 amide bonds. The molecule has 0 saturated heterocycles. The van der Waals surface area contributed by atoms with Gasteiger partial charge in [-0.3, -0.25) is 18.6 Å². The van der Waals surface area contributed by atoms with Gasteiger partial charge in [0.1, 0.15) is 0 Å². The zero-order chi connectivity index (χ0) is 23.7. The van der Waals surface area contributed by atoms with Gasteiger partial charge in [0.05, 0.1) is 22.3 Å². The van der Waals surface area contributed by atoms with Gasteiger partial charge in [-0.25, -0.2) is 0 Å². The standard InChI is InChI=1S/C26H25N5O2S/c1-3-16-30-24(33)20-13-7-8-14-22(20)31-25(30)27-28-26(31)34-17-23(32)29(4-2)21-15-9-11-18-10-5-6-12-19(18)21/h5-15H,3-4,16-17H2,1-2H3. The molecule has 7 nitrogen and oxygen atoms in total. The first-order chi connectivity index (χ1) is 16.6. The fourth-order valence-electron chi connectivity index (χ4n) is 4.38. The number of aryl methyl sites for hydroxylation is 1. The Kier molecular flexibility index (Phi) is 6.06. The van der Waals surface area contributed by atoms with E-state index < -0.39 is 0 Å². The smallest absolute Gasteiger partial charge is 0.262 e. The average molecular weight is 472 g/mol. The first-order valence-corrected chi connectivity index (χ1v) is 12.4. The van der Waals surface area contributed by atoms with E-state index in [1.807, 2.05) is 77.7 Å². The SMILES string of the molecule is CCCn1c(=O)c2ccccc2n2c(SCC(=O)N(CC)c3cccc4ccccc34)nnc12. The minimum atomic E-state index is -0.0712. The minimum Gasteiger partial charge on any atom is -0.311 e. The molecule has 8 heteroatoms. The lowest BCUT2D eigenvalue weighted by Gasteiger charge is -2.22. The third kappa shape index (κ3) is 3.74. The Hall–Kier alpha value is -3.65. The normalized spacial score (nSPS) is 11.5. The van der Waals surface area contributed by atoms with Gasteiger partial charge in [0.15, 0.2) is 5.16 Å². The minimum absolute atomic E-state index is 0.00760. The largest absolute Gasteiger partial charge is 0.311 e. The van der Waals surface area contributed by atoms with Gasteiger partial charge < -0.3 is 4.90 Å². The summed E-state index contributed by atoms with van der Waals surface area (Å²) in [5, 5.41) is 12.0. The fraction of sp³-hybridized carbons (Fsp3) is 0.231. The van der Waals surface area contributed by atoms with Crippen molar-refractivity contribution in [3.63, 3.8) is 0 Å². The number of rotatable bonds is 7. The van der Waals surface area contributed by atoms with Crippen LogP contribution in [0.4, 0.5) is 5.69 Å². The number of thioether (sulfide) groups is 1. The number of hydrogen-bond acceptors (Lipinski definition) is 5. The lowest BCUT2D eigenvalue weighted by Crippen LogP contribution is -2.32. The van der Waals surface area contributed by atoms with Gasteiger partial charge >= 0.3 is 0 Å². The van der Waals surface area contributed by atoms with Crippen LogP contribution in [0.1, 0.15) is 20.3 Å². The zero-order valence-corrected chi connectivity index (χ0v) is 20.0. The molecule has 0 spiro atoms. The third-order valence-corrected chi connectivity index (χ3v) is 6.84. The quantitative estimate of drug-likeness (QED) is 0.320. The number of fused-ring (bicyclic) bond motifs is 4. The monoisotopic (exact) mass is 471 g/mol. The summed E-state index contributed by atoms with van der Waals surface area (Å²) in [6.07, 6.45) is 0.804. The van der Waals surface area contributed by atoms with Crippen LogP contribution in [0.15, 0.2) is 76.7 Å². The number of anilines is 1. The van der Waals surface area contributed by atoms with Crippen LogP contribution in [0, 0.1) is 0 Å². The van der Waals surface area contributed by atoms with E-state index in [0.29, 0.717) is 29.4 Å². The number of para-hydroxylation sites is 1. The second-order valence-electron chi connectivity index (χ2n) is 8.02. The maximum atomic E-state index is 13.3. The van der Waals surface area contributed by atoms with Crippen molar-refractivity contribution in [2.75, 3.05) is 17.2 Å². The Labute approximate surface area is 201 Å². The summed E-state index contributed by atoms with van der Waals surface area (Å²) >= 11 is 1.34. The van der Waals surface area contributed by atoms with E-state index in [2.05, 4.69) is 22.3 Å². The Bertz CT molecular complexity index is 1570. The highest BCUT2D eigenvalue weighted by Gasteiger charge is 2.20. The number of nitrogens with zero attached hydrogens (tertiary/aromatic N) is 5. The summed E-state index contributed by atoms with van der Waals surface area (Å²) in [4.78, 5) is 28.2. The molecule has 2 heterocycles. The molecule has 0 unspecified atom stereocenters. The molecule has 0 aliphatic rings. The van der Waals surface area contributed by atoms with Crippen molar-refractivity contribution in [3.8, 4) is 0 Å². The van der Waals surface area contributed by atoms with Gasteiger partial charge in [-0.2, -0.15) is 0 Å². The first-order valence-electron chi connectivity index (χ1n) is 11.4. The Morgan fingerprint density at radius 1 is 0.941 bits per heavy atom. The topological polar surface area (TPSA) is 72.5 Å². The molecular weight excluding hydrogens is 446 g/mol. The maximum Gasteiger partial charge on any atom is 0.262 e. The van der Waals surface area contributed by atoms with Crippen molar-refractivity contribution in [1.29, 1.82) is 0 Å². The number of aromatic nitrogens is 4. The van der Waals surface area contributed by atoms with Crippen LogP contribution in [-0.2, 0) is 11.3 Å². The van der Waals surface area contributed by atoms with Gasteiger partial charge in [-0.15, -0.1) is 10.2 Å². The Morgan fingerprint density at radius 2 is 1.68 bits per heavy atom. The predicted molar refractivity (Wildman–Crippen MR) is 138 cm³/mol. The van der Waals surface area contributed by atoms with E-state index in [1.165, 1.54) is 11.8 Å². The molecule has 2 aromatic heterocycles. The molecule has 0 N–H and O–H groups in total.